The number of benzene rings is 1. The molecule has 2 aliphatic heterocycles. The molecule has 1 N–H and O–H groups in total. The van der Waals surface area contributed by atoms with E-state index in [0.29, 0.717) is 11.3 Å². The summed E-state index contributed by atoms with van der Waals surface area (Å²) in [5.74, 6) is -1.40. The van der Waals surface area contributed by atoms with Crippen LogP contribution in [0.5, 0.6) is 0 Å². The third-order valence-electron chi connectivity index (χ3n) is 4.39. The van der Waals surface area contributed by atoms with Crippen molar-refractivity contribution in [3.8, 4) is 0 Å². The van der Waals surface area contributed by atoms with E-state index in [1.807, 2.05) is 11.8 Å². The molecule has 2 aliphatic rings. The number of carbonyl (C=O) groups excluding carboxylic acids is 2. The van der Waals surface area contributed by atoms with Gasteiger partial charge in [-0.2, -0.15) is 0 Å². The summed E-state index contributed by atoms with van der Waals surface area (Å²) in [4.78, 5) is 27.5. The zero-order chi connectivity index (χ0) is 17.4. The predicted octanol–water partition coefficient (Wildman–Crippen LogP) is 1.99. The number of amides is 2. The highest BCUT2D eigenvalue weighted by molar-refractivity contribution is 7.80. The molecule has 0 aliphatic carbocycles. The van der Waals surface area contributed by atoms with Crippen molar-refractivity contribution in [2.75, 3.05) is 25.0 Å². The van der Waals surface area contributed by atoms with E-state index >= 15 is 0 Å². The monoisotopic (exact) mass is 347 g/mol. The van der Waals surface area contributed by atoms with Crippen LogP contribution in [0.15, 0.2) is 17.7 Å². The van der Waals surface area contributed by atoms with Gasteiger partial charge in [0.15, 0.2) is 5.11 Å². The van der Waals surface area contributed by atoms with E-state index in [-0.39, 0.29) is 16.5 Å². The third-order valence-corrected chi connectivity index (χ3v) is 4.76. The van der Waals surface area contributed by atoms with Gasteiger partial charge < -0.3 is 4.90 Å². The summed E-state index contributed by atoms with van der Waals surface area (Å²) >= 11 is 4.91. The van der Waals surface area contributed by atoms with Crippen LogP contribution in [0.3, 0.4) is 0 Å². The van der Waals surface area contributed by atoms with E-state index in [1.165, 1.54) is 24.1 Å². The first-order valence-electron chi connectivity index (χ1n) is 7.78. The topological polar surface area (TPSA) is 52.7 Å². The minimum atomic E-state index is -0.563. The average Bonchev–Trinajstić information content (AvgIpc) is 3.06. The summed E-state index contributed by atoms with van der Waals surface area (Å²) in [5.41, 5.74) is 1.84. The second-order valence-electron chi connectivity index (χ2n) is 6.04. The van der Waals surface area contributed by atoms with Crippen molar-refractivity contribution < 1.29 is 14.0 Å². The lowest BCUT2D eigenvalue weighted by Crippen LogP contribution is -2.52. The maximum Gasteiger partial charge on any atom is 0.265 e. The number of carbonyl (C=O) groups is 2. The van der Waals surface area contributed by atoms with Gasteiger partial charge in [0.25, 0.3) is 11.8 Å². The highest BCUT2D eigenvalue weighted by Crippen LogP contribution is 2.28. The standard InChI is InChI=1S/C17H18FN3O2S/c1-10-7-14(21-5-3-4-6-21)13(18)9-11(10)8-12-15(22)19-17(24)20(2)16(12)23/h7-9H,3-6H2,1-2H3,(H,19,22,24)/b12-8+. The zero-order valence-corrected chi connectivity index (χ0v) is 14.4. The Morgan fingerprint density at radius 1 is 1.25 bits per heavy atom. The lowest BCUT2D eigenvalue weighted by atomic mass is 10.0. The zero-order valence-electron chi connectivity index (χ0n) is 13.6. The van der Waals surface area contributed by atoms with Crippen molar-refractivity contribution in [3.63, 3.8) is 0 Å². The number of aryl methyl sites for hydroxylation is 1. The fraction of sp³-hybridized carbons (Fsp3) is 0.353. The summed E-state index contributed by atoms with van der Waals surface area (Å²) in [6, 6.07) is 3.15. The van der Waals surface area contributed by atoms with E-state index < -0.39 is 11.8 Å². The molecule has 3 rings (SSSR count). The fourth-order valence-electron chi connectivity index (χ4n) is 2.94. The van der Waals surface area contributed by atoms with E-state index in [4.69, 9.17) is 12.2 Å². The molecule has 126 valence electrons. The van der Waals surface area contributed by atoms with Crippen LogP contribution in [-0.2, 0) is 9.59 Å². The predicted molar refractivity (Wildman–Crippen MR) is 94.1 cm³/mol. The van der Waals surface area contributed by atoms with E-state index in [0.717, 1.165) is 31.5 Å². The molecule has 1 aromatic rings. The van der Waals surface area contributed by atoms with Crippen LogP contribution in [0, 0.1) is 12.7 Å². The summed E-state index contributed by atoms with van der Waals surface area (Å²) in [6.07, 6.45) is 3.54. The van der Waals surface area contributed by atoms with Gasteiger partial charge in [-0.3, -0.25) is 19.8 Å². The first kappa shape index (κ1) is 16.6. The summed E-state index contributed by atoms with van der Waals surface area (Å²) < 4.78 is 14.5. The van der Waals surface area contributed by atoms with Crippen molar-refractivity contribution >= 4 is 40.9 Å². The quantitative estimate of drug-likeness (QED) is 0.505. The summed E-state index contributed by atoms with van der Waals surface area (Å²) in [5, 5.41) is 2.51. The molecule has 2 saturated heterocycles. The second kappa shape index (κ2) is 6.32. The molecule has 0 atom stereocenters. The maximum atomic E-state index is 14.5. The molecule has 0 unspecified atom stereocenters. The summed E-state index contributed by atoms with van der Waals surface area (Å²) in [6.45, 7) is 3.53. The molecule has 2 heterocycles. The number of rotatable bonds is 2. The van der Waals surface area contributed by atoms with E-state index in [1.54, 1.807) is 6.07 Å². The average molecular weight is 347 g/mol. The smallest absolute Gasteiger partial charge is 0.265 e. The number of halogens is 1. The van der Waals surface area contributed by atoms with Crippen LogP contribution >= 0.6 is 12.2 Å². The molecule has 0 aromatic heterocycles. The van der Waals surface area contributed by atoms with Gasteiger partial charge >= 0.3 is 0 Å². The number of likely N-dealkylation sites (N-methyl/N-ethyl adjacent to an activating group) is 1. The Morgan fingerprint density at radius 2 is 1.92 bits per heavy atom. The largest absolute Gasteiger partial charge is 0.369 e. The highest BCUT2D eigenvalue weighted by atomic mass is 32.1. The molecule has 0 spiro atoms. The number of nitrogens with one attached hydrogen (secondary N) is 1. The molecule has 1 aromatic carbocycles. The van der Waals surface area contributed by atoms with Crippen LogP contribution in [-0.4, -0.2) is 42.0 Å². The van der Waals surface area contributed by atoms with Gasteiger partial charge in [-0.25, -0.2) is 4.39 Å². The first-order chi connectivity index (χ1) is 11.4. The maximum absolute atomic E-state index is 14.5. The van der Waals surface area contributed by atoms with Gasteiger partial charge in [-0.15, -0.1) is 0 Å². The molecule has 0 saturated carbocycles. The lowest BCUT2D eigenvalue weighted by Gasteiger charge is -2.25. The van der Waals surface area contributed by atoms with Crippen molar-refractivity contribution in [2.45, 2.75) is 19.8 Å². The van der Waals surface area contributed by atoms with E-state index in [2.05, 4.69) is 5.32 Å². The Labute approximate surface area is 145 Å². The molecular weight excluding hydrogens is 329 g/mol. The molecule has 2 fully saturated rings. The second-order valence-corrected chi connectivity index (χ2v) is 6.42. The van der Waals surface area contributed by atoms with E-state index in [9.17, 15) is 14.0 Å². The minimum Gasteiger partial charge on any atom is -0.369 e. The van der Waals surface area contributed by atoms with Gasteiger partial charge in [0.1, 0.15) is 11.4 Å². The van der Waals surface area contributed by atoms with Crippen LogP contribution < -0.4 is 10.2 Å². The van der Waals surface area contributed by atoms with Crippen molar-refractivity contribution in [1.29, 1.82) is 0 Å². The number of hydrogen-bond acceptors (Lipinski definition) is 4. The first-order valence-corrected chi connectivity index (χ1v) is 8.19. The fourth-order valence-corrected chi connectivity index (χ4v) is 3.11. The molecule has 0 radical (unpaired) electrons. The summed E-state index contributed by atoms with van der Waals surface area (Å²) in [7, 11) is 1.49. The number of thiocarbonyl (C=S) groups is 1. The highest BCUT2D eigenvalue weighted by Gasteiger charge is 2.31. The molecule has 7 heteroatoms. The van der Waals surface area contributed by atoms with Gasteiger partial charge in [-0.05, 0) is 61.3 Å². The molecule has 5 nitrogen and oxygen atoms in total. The van der Waals surface area contributed by atoms with Crippen LogP contribution in [0.25, 0.3) is 6.08 Å². The van der Waals surface area contributed by atoms with Gasteiger partial charge in [-0.1, -0.05) is 0 Å². The lowest BCUT2D eigenvalue weighted by molar-refractivity contribution is -0.128. The Hall–Kier alpha value is -2.28. The van der Waals surface area contributed by atoms with Crippen LogP contribution in [0.1, 0.15) is 24.0 Å². The Kier molecular flexibility index (Phi) is 4.36. The van der Waals surface area contributed by atoms with Gasteiger partial charge in [0.05, 0.1) is 5.69 Å². The Morgan fingerprint density at radius 3 is 2.58 bits per heavy atom. The normalized spacial score (nSPS) is 20.1. The molecular formula is C17H18FN3O2S. The third kappa shape index (κ3) is 2.91. The van der Waals surface area contributed by atoms with Crippen LogP contribution in [0.2, 0.25) is 0 Å². The Bertz CT molecular complexity index is 769. The molecule has 24 heavy (non-hydrogen) atoms. The number of hydrogen-bond donors (Lipinski definition) is 1. The number of nitrogens with zero attached hydrogens (tertiary/aromatic N) is 2. The van der Waals surface area contributed by atoms with Gasteiger partial charge in [0, 0.05) is 20.1 Å². The molecule has 2 amide bonds. The molecule has 0 bridgehead atoms. The SMILES string of the molecule is Cc1cc(N2CCCC2)c(F)cc1/C=C1\C(=O)NC(=S)N(C)C1=O. The minimum absolute atomic E-state index is 0.0532. The van der Waals surface area contributed by atoms with Crippen molar-refractivity contribution in [2.24, 2.45) is 0 Å². The van der Waals surface area contributed by atoms with Crippen LogP contribution in [0.4, 0.5) is 10.1 Å². The van der Waals surface area contributed by atoms with Gasteiger partial charge in [0.2, 0.25) is 0 Å². The Balaban J connectivity index is 1.97. The van der Waals surface area contributed by atoms with Crippen molar-refractivity contribution in [3.05, 3.63) is 34.6 Å². The van der Waals surface area contributed by atoms with Crippen molar-refractivity contribution in [1.82, 2.24) is 10.2 Å². The number of anilines is 1.